The number of nitrogen functional groups attached to an aromatic ring is 1. The van der Waals surface area contributed by atoms with E-state index in [-0.39, 0.29) is 0 Å². The molecule has 2 aromatic rings. The van der Waals surface area contributed by atoms with Crippen LogP contribution in [0, 0.1) is 6.92 Å². The number of nitrogens with two attached hydrogens (primary N) is 2. The maximum absolute atomic E-state index is 5.97. The average molecular weight is 352 g/mol. The molecule has 1 saturated heterocycles. The molecule has 1 aliphatic carbocycles. The number of anilines is 2. The van der Waals surface area contributed by atoms with Crippen molar-refractivity contribution < 1.29 is 0 Å². The summed E-state index contributed by atoms with van der Waals surface area (Å²) in [5.74, 6) is 1.78. The molecule has 0 bridgehead atoms. The number of aryl methyl sites for hydroxylation is 1. The van der Waals surface area contributed by atoms with Crippen LogP contribution in [0.4, 0.5) is 11.8 Å². The smallest absolute Gasteiger partial charge is 0.222 e. The quantitative estimate of drug-likeness (QED) is 0.874. The van der Waals surface area contributed by atoms with Gasteiger partial charge in [0.1, 0.15) is 5.82 Å². The summed E-state index contributed by atoms with van der Waals surface area (Å²) in [4.78, 5) is 13.7. The molecule has 0 radical (unpaired) electrons. The van der Waals surface area contributed by atoms with Gasteiger partial charge in [-0.25, -0.2) is 4.98 Å². The Kier molecular flexibility index (Phi) is 4.78. The monoisotopic (exact) mass is 352 g/mol. The predicted molar refractivity (Wildman–Crippen MR) is 105 cm³/mol. The first-order chi connectivity index (χ1) is 12.6. The summed E-state index contributed by atoms with van der Waals surface area (Å²) in [6.07, 6.45) is 2.00. The maximum Gasteiger partial charge on any atom is 0.222 e. The Labute approximate surface area is 155 Å². The van der Waals surface area contributed by atoms with Crippen LogP contribution in [0.25, 0.3) is 0 Å². The molecule has 4 N–H and O–H groups in total. The van der Waals surface area contributed by atoms with E-state index in [9.17, 15) is 0 Å². The summed E-state index contributed by atoms with van der Waals surface area (Å²) >= 11 is 0. The van der Waals surface area contributed by atoms with Crippen LogP contribution in [-0.2, 0) is 6.54 Å². The molecular weight excluding hydrogens is 324 g/mol. The van der Waals surface area contributed by atoms with Crippen molar-refractivity contribution in [2.45, 2.75) is 38.3 Å². The number of aromatic nitrogens is 2. The Morgan fingerprint density at radius 2 is 1.85 bits per heavy atom. The van der Waals surface area contributed by atoms with Crippen molar-refractivity contribution in [2.75, 3.05) is 36.8 Å². The van der Waals surface area contributed by atoms with E-state index in [1.807, 2.05) is 0 Å². The van der Waals surface area contributed by atoms with Gasteiger partial charge in [-0.15, -0.1) is 0 Å². The normalized spacial score (nSPS) is 23.7. The van der Waals surface area contributed by atoms with Crippen LogP contribution in [0.1, 0.15) is 35.6 Å². The van der Waals surface area contributed by atoms with Gasteiger partial charge in [0.2, 0.25) is 5.95 Å². The highest BCUT2D eigenvalue weighted by molar-refractivity contribution is 5.45. The number of hydrogen-bond donors (Lipinski definition) is 2. The molecule has 2 fully saturated rings. The van der Waals surface area contributed by atoms with Crippen LogP contribution < -0.4 is 16.4 Å². The zero-order chi connectivity index (χ0) is 18.1. The fraction of sp³-hybridized carbons (Fsp3) is 0.500. The van der Waals surface area contributed by atoms with E-state index in [1.54, 1.807) is 0 Å². The fourth-order valence-corrected chi connectivity index (χ4v) is 3.95. The zero-order valence-electron chi connectivity index (χ0n) is 15.4. The van der Waals surface area contributed by atoms with E-state index in [0.717, 1.165) is 57.1 Å². The second-order valence-corrected chi connectivity index (χ2v) is 7.69. The molecule has 1 saturated carbocycles. The van der Waals surface area contributed by atoms with Crippen molar-refractivity contribution in [1.82, 2.24) is 14.9 Å². The number of piperazine rings is 1. The van der Waals surface area contributed by atoms with E-state index in [4.69, 9.17) is 11.5 Å². The Bertz CT molecular complexity index is 763. The molecule has 26 heavy (non-hydrogen) atoms. The van der Waals surface area contributed by atoms with Crippen molar-refractivity contribution in [3.63, 3.8) is 0 Å². The molecule has 4 rings (SSSR count). The summed E-state index contributed by atoms with van der Waals surface area (Å²) in [6, 6.07) is 11.2. The molecule has 1 aromatic carbocycles. The van der Waals surface area contributed by atoms with Gasteiger partial charge in [-0.3, -0.25) is 4.90 Å². The number of benzene rings is 1. The lowest BCUT2D eigenvalue weighted by Crippen LogP contribution is -2.46. The number of nitrogens with zero attached hydrogens (tertiary/aromatic N) is 4. The Morgan fingerprint density at radius 1 is 1.08 bits per heavy atom. The minimum atomic E-state index is 0.310. The first-order valence-corrected chi connectivity index (χ1v) is 9.50. The largest absolute Gasteiger partial charge is 0.368 e. The van der Waals surface area contributed by atoms with Gasteiger partial charge < -0.3 is 16.4 Å². The van der Waals surface area contributed by atoms with Crippen LogP contribution in [0.5, 0.6) is 0 Å². The highest BCUT2D eigenvalue weighted by atomic mass is 15.3. The zero-order valence-corrected chi connectivity index (χ0v) is 15.4. The van der Waals surface area contributed by atoms with Gasteiger partial charge in [0.15, 0.2) is 0 Å². The van der Waals surface area contributed by atoms with Crippen molar-refractivity contribution >= 4 is 11.8 Å². The van der Waals surface area contributed by atoms with E-state index in [2.05, 4.69) is 57.0 Å². The lowest BCUT2D eigenvalue weighted by molar-refractivity contribution is 0.249. The minimum Gasteiger partial charge on any atom is -0.368 e. The highest BCUT2D eigenvalue weighted by Crippen LogP contribution is 2.36. The van der Waals surface area contributed by atoms with Crippen LogP contribution in [0.2, 0.25) is 0 Å². The van der Waals surface area contributed by atoms with Crippen molar-refractivity contribution in [3.05, 3.63) is 47.2 Å². The van der Waals surface area contributed by atoms with E-state index >= 15 is 0 Å². The third-order valence-electron chi connectivity index (χ3n) is 5.53. The SMILES string of the molecule is Cc1cccc(CN2CCN(c3cc(C4CC(N)C4)nc(N)n3)CC2)c1. The Hall–Kier alpha value is -2.18. The average Bonchev–Trinajstić information content (AvgIpc) is 2.59. The van der Waals surface area contributed by atoms with Gasteiger partial charge >= 0.3 is 0 Å². The second kappa shape index (κ2) is 7.21. The third-order valence-corrected chi connectivity index (χ3v) is 5.53. The molecular formula is C20H28N6. The standard InChI is InChI=1S/C20H28N6/c1-14-3-2-4-15(9-14)13-25-5-7-26(8-6-25)19-12-18(23-20(22)24-19)16-10-17(21)11-16/h2-4,9,12,16-17H,5-8,10-11,13,21H2,1H3,(H2,22,23,24). The molecule has 2 aliphatic rings. The first kappa shape index (κ1) is 17.2. The minimum absolute atomic E-state index is 0.310. The molecule has 0 amide bonds. The molecule has 0 unspecified atom stereocenters. The van der Waals surface area contributed by atoms with Crippen LogP contribution >= 0.6 is 0 Å². The third kappa shape index (κ3) is 3.81. The van der Waals surface area contributed by atoms with Crippen molar-refractivity contribution in [3.8, 4) is 0 Å². The van der Waals surface area contributed by atoms with Crippen molar-refractivity contribution in [2.24, 2.45) is 5.73 Å². The van der Waals surface area contributed by atoms with Crippen LogP contribution in [0.15, 0.2) is 30.3 Å². The number of hydrogen-bond acceptors (Lipinski definition) is 6. The summed E-state index contributed by atoms with van der Waals surface area (Å²) in [7, 11) is 0. The van der Waals surface area contributed by atoms with Crippen LogP contribution in [-0.4, -0.2) is 47.1 Å². The molecule has 1 aliphatic heterocycles. The number of rotatable bonds is 4. The Morgan fingerprint density at radius 3 is 2.54 bits per heavy atom. The highest BCUT2D eigenvalue weighted by Gasteiger charge is 2.29. The predicted octanol–water partition coefficient (Wildman–Crippen LogP) is 1.89. The second-order valence-electron chi connectivity index (χ2n) is 7.69. The molecule has 138 valence electrons. The van der Waals surface area contributed by atoms with E-state index in [1.165, 1.54) is 11.1 Å². The molecule has 0 spiro atoms. The van der Waals surface area contributed by atoms with Gasteiger partial charge in [0, 0.05) is 50.7 Å². The van der Waals surface area contributed by atoms with Crippen LogP contribution in [0.3, 0.4) is 0 Å². The first-order valence-electron chi connectivity index (χ1n) is 9.50. The van der Waals surface area contributed by atoms with E-state index < -0.39 is 0 Å². The summed E-state index contributed by atoms with van der Waals surface area (Å²) in [5, 5.41) is 0. The summed E-state index contributed by atoms with van der Waals surface area (Å²) < 4.78 is 0. The lowest BCUT2D eigenvalue weighted by Gasteiger charge is -2.36. The fourth-order valence-electron chi connectivity index (χ4n) is 3.95. The van der Waals surface area contributed by atoms with Crippen molar-refractivity contribution in [1.29, 1.82) is 0 Å². The van der Waals surface area contributed by atoms with E-state index in [0.29, 0.717) is 17.9 Å². The molecule has 2 heterocycles. The maximum atomic E-state index is 5.97. The topological polar surface area (TPSA) is 84.3 Å². The summed E-state index contributed by atoms with van der Waals surface area (Å²) in [6.45, 7) is 7.14. The molecule has 6 nitrogen and oxygen atoms in total. The molecule has 6 heteroatoms. The lowest BCUT2D eigenvalue weighted by atomic mass is 9.78. The van der Waals surface area contributed by atoms with Gasteiger partial charge in [0.25, 0.3) is 0 Å². The Balaban J connectivity index is 1.38. The molecule has 1 aromatic heterocycles. The summed E-state index contributed by atoms with van der Waals surface area (Å²) in [5.41, 5.74) is 15.6. The van der Waals surface area contributed by atoms with Gasteiger partial charge in [-0.05, 0) is 25.3 Å². The van der Waals surface area contributed by atoms with Gasteiger partial charge in [-0.2, -0.15) is 4.98 Å². The van der Waals surface area contributed by atoms with Gasteiger partial charge in [-0.1, -0.05) is 29.8 Å². The molecule has 0 atom stereocenters. The van der Waals surface area contributed by atoms with Gasteiger partial charge in [0.05, 0.1) is 5.69 Å².